The van der Waals surface area contributed by atoms with Crippen LogP contribution in [0.25, 0.3) is 0 Å². The number of rotatable bonds is 5. The normalized spacial score (nSPS) is 9.90. The van der Waals surface area contributed by atoms with Crippen molar-refractivity contribution in [3.63, 3.8) is 0 Å². The standard InChI is InChI=1S/C12H15N5OS.CH4/c1-8-2-3-9(17-16-8)6-14-12(18)10-7-19-11(15-10)4-5-13;/h2-3,7H,4-6,13H2,1H3,(H,14,18);1H4. The molecule has 2 aromatic heterocycles. The van der Waals surface area contributed by atoms with E-state index in [1.54, 1.807) is 5.38 Å². The van der Waals surface area contributed by atoms with Crippen LogP contribution in [-0.2, 0) is 13.0 Å². The molecular weight excluding hydrogens is 274 g/mol. The molecule has 2 heterocycles. The maximum atomic E-state index is 11.9. The average Bonchev–Trinajstić information content (AvgIpc) is 2.87. The third-order valence-electron chi connectivity index (χ3n) is 2.43. The second kappa shape index (κ2) is 7.66. The van der Waals surface area contributed by atoms with E-state index in [4.69, 9.17) is 5.73 Å². The molecule has 0 fully saturated rings. The molecular formula is C13H19N5OS. The zero-order chi connectivity index (χ0) is 13.7. The number of carbonyl (C=O) groups is 1. The molecule has 6 nitrogen and oxygen atoms in total. The number of nitrogens with zero attached hydrogens (tertiary/aromatic N) is 3. The summed E-state index contributed by atoms with van der Waals surface area (Å²) in [7, 11) is 0. The first-order valence-corrected chi connectivity index (χ1v) is 6.79. The van der Waals surface area contributed by atoms with E-state index in [9.17, 15) is 4.79 Å². The lowest BCUT2D eigenvalue weighted by molar-refractivity contribution is 0.0946. The Labute approximate surface area is 122 Å². The minimum Gasteiger partial charge on any atom is -0.345 e. The van der Waals surface area contributed by atoms with Crippen molar-refractivity contribution in [2.75, 3.05) is 6.54 Å². The smallest absolute Gasteiger partial charge is 0.271 e. The highest BCUT2D eigenvalue weighted by molar-refractivity contribution is 7.09. The number of aromatic nitrogens is 3. The van der Waals surface area contributed by atoms with Gasteiger partial charge in [0.05, 0.1) is 22.9 Å². The third-order valence-corrected chi connectivity index (χ3v) is 3.33. The Balaban J connectivity index is 0.00000200. The van der Waals surface area contributed by atoms with Gasteiger partial charge in [0.15, 0.2) is 0 Å². The fourth-order valence-electron chi connectivity index (χ4n) is 1.44. The number of aryl methyl sites for hydroxylation is 1. The second-order valence-corrected chi connectivity index (χ2v) is 4.96. The van der Waals surface area contributed by atoms with Gasteiger partial charge in [-0.15, -0.1) is 11.3 Å². The largest absolute Gasteiger partial charge is 0.345 e. The number of carbonyl (C=O) groups excluding carboxylic acids is 1. The Morgan fingerprint density at radius 2 is 2.20 bits per heavy atom. The van der Waals surface area contributed by atoms with E-state index in [2.05, 4.69) is 20.5 Å². The molecule has 0 aliphatic heterocycles. The van der Waals surface area contributed by atoms with Crippen molar-refractivity contribution < 1.29 is 4.79 Å². The number of thiazole rings is 1. The topological polar surface area (TPSA) is 93.8 Å². The molecule has 2 rings (SSSR count). The van der Waals surface area contributed by atoms with Gasteiger partial charge in [-0.25, -0.2) is 4.98 Å². The monoisotopic (exact) mass is 293 g/mol. The van der Waals surface area contributed by atoms with Crippen molar-refractivity contribution in [2.24, 2.45) is 5.73 Å². The van der Waals surface area contributed by atoms with Crippen LogP contribution in [0.5, 0.6) is 0 Å². The summed E-state index contributed by atoms with van der Waals surface area (Å²) in [4.78, 5) is 16.1. The molecule has 3 N–H and O–H groups in total. The molecule has 108 valence electrons. The molecule has 20 heavy (non-hydrogen) atoms. The van der Waals surface area contributed by atoms with Crippen LogP contribution in [0, 0.1) is 6.92 Å². The highest BCUT2D eigenvalue weighted by Crippen LogP contribution is 2.10. The first-order chi connectivity index (χ1) is 9.19. The van der Waals surface area contributed by atoms with Crippen LogP contribution in [0.1, 0.15) is 34.3 Å². The Morgan fingerprint density at radius 3 is 2.85 bits per heavy atom. The highest BCUT2D eigenvalue weighted by Gasteiger charge is 2.10. The molecule has 2 aromatic rings. The number of nitrogens with one attached hydrogen (secondary N) is 1. The third kappa shape index (κ3) is 4.36. The van der Waals surface area contributed by atoms with Crippen molar-refractivity contribution >= 4 is 17.2 Å². The molecule has 1 amide bonds. The van der Waals surface area contributed by atoms with Crippen molar-refractivity contribution in [2.45, 2.75) is 27.3 Å². The fourth-order valence-corrected chi connectivity index (χ4v) is 2.23. The van der Waals surface area contributed by atoms with Gasteiger partial charge >= 0.3 is 0 Å². The van der Waals surface area contributed by atoms with Crippen molar-refractivity contribution in [1.29, 1.82) is 0 Å². The van der Waals surface area contributed by atoms with E-state index < -0.39 is 0 Å². The van der Waals surface area contributed by atoms with Crippen LogP contribution >= 0.6 is 11.3 Å². The fraction of sp³-hybridized carbons (Fsp3) is 0.385. The SMILES string of the molecule is C.Cc1ccc(CNC(=O)c2csc(CCN)n2)nn1. The number of amides is 1. The van der Waals surface area contributed by atoms with Crippen LogP contribution in [-0.4, -0.2) is 27.6 Å². The van der Waals surface area contributed by atoms with Crippen LogP contribution in [0.3, 0.4) is 0 Å². The van der Waals surface area contributed by atoms with Gasteiger partial charge in [-0.2, -0.15) is 10.2 Å². The van der Waals surface area contributed by atoms with Gasteiger partial charge in [-0.05, 0) is 25.6 Å². The summed E-state index contributed by atoms with van der Waals surface area (Å²) in [5.41, 5.74) is 7.44. The molecule has 0 radical (unpaired) electrons. The van der Waals surface area contributed by atoms with Gasteiger partial charge in [0.25, 0.3) is 5.91 Å². The first-order valence-electron chi connectivity index (χ1n) is 5.91. The molecule has 0 bridgehead atoms. The van der Waals surface area contributed by atoms with Gasteiger partial charge in [-0.3, -0.25) is 4.79 Å². The number of hydrogen-bond donors (Lipinski definition) is 2. The Hall–Kier alpha value is -1.86. The van der Waals surface area contributed by atoms with Gasteiger partial charge in [0, 0.05) is 11.8 Å². The van der Waals surface area contributed by atoms with Crippen LogP contribution < -0.4 is 11.1 Å². The zero-order valence-corrected chi connectivity index (χ0v) is 11.4. The summed E-state index contributed by atoms with van der Waals surface area (Å²) in [6.07, 6.45) is 0.696. The Kier molecular flexibility index (Phi) is 6.20. The summed E-state index contributed by atoms with van der Waals surface area (Å²) in [6.45, 7) is 2.74. The van der Waals surface area contributed by atoms with E-state index in [1.807, 2.05) is 19.1 Å². The lowest BCUT2D eigenvalue weighted by Gasteiger charge is -2.02. The van der Waals surface area contributed by atoms with Crippen molar-refractivity contribution in [1.82, 2.24) is 20.5 Å². The number of hydrogen-bond acceptors (Lipinski definition) is 6. The van der Waals surface area contributed by atoms with E-state index in [0.717, 1.165) is 16.4 Å². The lowest BCUT2D eigenvalue weighted by atomic mass is 10.3. The minimum atomic E-state index is -0.207. The summed E-state index contributed by atoms with van der Waals surface area (Å²) < 4.78 is 0. The maximum absolute atomic E-state index is 11.9. The molecule has 0 aromatic carbocycles. The van der Waals surface area contributed by atoms with Crippen LogP contribution in [0.4, 0.5) is 0 Å². The summed E-state index contributed by atoms with van der Waals surface area (Å²) in [5.74, 6) is -0.207. The van der Waals surface area contributed by atoms with Gasteiger partial charge in [-0.1, -0.05) is 7.43 Å². The van der Waals surface area contributed by atoms with Crippen molar-refractivity contribution in [3.8, 4) is 0 Å². The average molecular weight is 293 g/mol. The highest BCUT2D eigenvalue weighted by atomic mass is 32.1. The zero-order valence-electron chi connectivity index (χ0n) is 10.6. The minimum absolute atomic E-state index is 0. The van der Waals surface area contributed by atoms with E-state index in [1.165, 1.54) is 11.3 Å². The van der Waals surface area contributed by atoms with Crippen molar-refractivity contribution in [3.05, 3.63) is 39.6 Å². The van der Waals surface area contributed by atoms with E-state index in [-0.39, 0.29) is 13.3 Å². The molecule has 0 aliphatic carbocycles. The molecule has 0 saturated carbocycles. The van der Waals surface area contributed by atoms with Crippen LogP contribution in [0.15, 0.2) is 17.5 Å². The molecule has 0 atom stereocenters. The van der Waals surface area contributed by atoms with Gasteiger partial charge in [0.2, 0.25) is 0 Å². The quantitative estimate of drug-likeness (QED) is 0.867. The Bertz CT molecular complexity index is 552. The maximum Gasteiger partial charge on any atom is 0.271 e. The first kappa shape index (κ1) is 16.2. The predicted octanol–water partition coefficient (Wildman–Crippen LogP) is 1.31. The van der Waals surface area contributed by atoms with Gasteiger partial charge < -0.3 is 11.1 Å². The summed E-state index contributed by atoms with van der Waals surface area (Å²) in [5, 5.41) is 13.3. The van der Waals surface area contributed by atoms with E-state index in [0.29, 0.717) is 25.2 Å². The molecule has 0 aliphatic rings. The Morgan fingerprint density at radius 1 is 1.40 bits per heavy atom. The van der Waals surface area contributed by atoms with E-state index >= 15 is 0 Å². The lowest BCUT2D eigenvalue weighted by Crippen LogP contribution is -2.23. The summed E-state index contributed by atoms with van der Waals surface area (Å²) >= 11 is 1.45. The van der Waals surface area contributed by atoms with Gasteiger partial charge in [0.1, 0.15) is 5.69 Å². The molecule has 7 heteroatoms. The van der Waals surface area contributed by atoms with Crippen LogP contribution in [0.2, 0.25) is 0 Å². The second-order valence-electron chi connectivity index (χ2n) is 4.01. The molecule has 0 saturated heterocycles. The molecule has 0 spiro atoms. The summed E-state index contributed by atoms with van der Waals surface area (Å²) in [6, 6.07) is 3.69. The molecule has 0 unspecified atom stereocenters. The predicted molar refractivity (Wildman–Crippen MR) is 79.5 cm³/mol. The number of nitrogens with two attached hydrogens (primary N) is 1.